The summed E-state index contributed by atoms with van der Waals surface area (Å²) in [4.78, 5) is 11.4. The van der Waals surface area contributed by atoms with Gasteiger partial charge in [-0.1, -0.05) is 10.7 Å². The number of aryl methyl sites for hydroxylation is 1. The predicted molar refractivity (Wildman–Crippen MR) is 52.5 cm³/mol. The van der Waals surface area contributed by atoms with Crippen molar-refractivity contribution in [2.24, 2.45) is 7.05 Å². The van der Waals surface area contributed by atoms with Crippen LogP contribution in [0.4, 0.5) is 0 Å². The van der Waals surface area contributed by atoms with Crippen LogP contribution >= 0.6 is 0 Å². The number of hydrogen-bond acceptors (Lipinski definition) is 3. The highest BCUT2D eigenvalue weighted by Gasteiger charge is 2.19. The van der Waals surface area contributed by atoms with Gasteiger partial charge in [-0.05, 0) is 23.5 Å². The Morgan fingerprint density at radius 3 is 2.87 bits per heavy atom. The Morgan fingerprint density at radius 1 is 1.47 bits per heavy atom. The molecule has 1 aromatic heterocycles. The van der Waals surface area contributed by atoms with Gasteiger partial charge in [0.1, 0.15) is 5.75 Å². The van der Waals surface area contributed by atoms with Crippen molar-refractivity contribution in [3.63, 3.8) is 0 Å². The molecule has 0 bridgehead atoms. The average molecular weight is 207 g/mol. The van der Waals surface area contributed by atoms with Gasteiger partial charge in [0.05, 0.1) is 12.7 Å². The smallest absolute Gasteiger partial charge is 0.435 e. The molecule has 0 aliphatic rings. The second-order valence-corrected chi connectivity index (χ2v) is 3.12. The Balaban J connectivity index is 2.59. The molecule has 0 radical (unpaired) electrons. The van der Waals surface area contributed by atoms with Crippen molar-refractivity contribution in [3.05, 3.63) is 34.7 Å². The summed E-state index contributed by atoms with van der Waals surface area (Å²) in [6, 6.07) is 7.24. The molecule has 2 aromatic rings. The van der Waals surface area contributed by atoms with Crippen molar-refractivity contribution in [2.45, 2.75) is 0 Å². The van der Waals surface area contributed by atoms with Gasteiger partial charge in [-0.25, -0.2) is 4.79 Å². The molecule has 0 amide bonds. The van der Waals surface area contributed by atoms with E-state index >= 15 is 0 Å². The molecule has 1 heterocycles. The topological polar surface area (TPSA) is 59.1 Å². The lowest BCUT2D eigenvalue weighted by Gasteiger charge is -1.98. The van der Waals surface area contributed by atoms with E-state index in [0.717, 1.165) is 5.56 Å². The van der Waals surface area contributed by atoms with Crippen LogP contribution < -0.4 is 15.0 Å². The number of hydrogen-bond donors (Lipinski definition) is 1. The van der Waals surface area contributed by atoms with Gasteiger partial charge in [0.15, 0.2) is 7.05 Å². The summed E-state index contributed by atoms with van der Waals surface area (Å²) in [5, 5.41) is 2.46. The first-order valence-corrected chi connectivity index (χ1v) is 4.44. The minimum absolute atomic E-state index is 0.397. The predicted octanol–water partition coefficient (Wildman–Crippen LogP) is 0.468. The van der Waals surface area contributed by atoms with Crippen molar-refractivity contribution >= 4 is 0 Å². The van der Waals surface area contributed by atoms with Crippen LogP contribution in [0.2, 0.25) is 0 Å². The minimum Gasteiger partial charge on any atom is -0.497 e. The Morgan fingerprint density at radius 2 is 2.27 bits per heavy atom. The molecule has 15 heavy (non-hydrogen) atoms. The molecule has 5 nitrogen and oxygen atoms in total. The number of benzene rings is 1. The summed E-state index contributed by atoms with van der Waals surface area (Å²) in [6.07, 6.45) is 0. The van der Waals surface area contributed by atoms with Gasteiger partial charge in [0.25, 0.3) is 0 Å². The van der Waals surface area contributed by atoms with Crippen LogP contribution in [0.15, 0.2) is 33.6 Å². The number of ether oxygens (including phenoxy) is 1. The second kappa shape index (κ2) is 3.61. The van der Waals surface area contributed by atoms with Gasteiger partial charge < -0.3 is 4.74 Å². The number of methoxy groups -OCH3 is 1. The molecule has 78 valence electrons. The standard InChI is InChI=1S/C10H10N2O3/c1-12-9(10(13)15-11-12)7-4-3-5-8(6-7)14-2/h3-6H,1-2H3/p+1. The van der Waals surface area contributed by atoms with E-state index in [4.69, 9.17) is 4.74 Å². The summed E-state index contributed by atoms with van der Waals surface area (Å²) in [5.41, 5.74) is 0.825. The zero-order valence-electron chi connectivity index (χ0n) is 8.48. The Bertz CT molecular complexity index is 527. The third-order valence-corrected chi connectivity index (χ3v) is 2.15. The van der Waals surface area contributed by atoms with Gasteiger partial charge in [-0.3, -0.25) is 4.52 Å². The number of H-pyrrole nitrogens is 1. The fraction of sp³-hybridized carbons (Fsp3) is 0.200. The minimum atomic E-state index is -0.397. The van der Waals surface area contributed by atoms with Crippen molar-refractivity contribution in [3.8, 4) is 17.0 Å². The Labute approximate surface area is 85.9 Å². The SMILES string of the molecule is COc1cccc(-c2c(=O)o[nH][n+]2C)c1. The van der Waals surface area contributed by atoms with E-state index in [2.05, 4.69) is 9.79 Å². The van der Waals surface area contributed by atoms with E-state index in [1.807, 2.05) is 18.2 Å². The summed E-state index contributed by atoms with van der Waals surface area (Å²) in [7, 11) is 3.29. The number of rotatable bonds is 2. The van der Waals surface area contributed by atoms with Crippen LogP contribution in [-0.4, -0.2) is 12.4 Å². The normalized spacial score (nSPS) is 10.3. The second-order valence-electron chi connectivity index (χ2n) is 3.12. The van der Waals surface area contributed by atoms with Gasteiger partial charge >= 0.3 is 11.3 Å². The molecule has 2 rings (SSSR count). The summed E-state index contributed by atoms with van der Waals surface area (Å²) < 4.78 is 11.3. The molecule has 0 aliphatic carbocycles. The van der Waals surface area contributed by atoms with Gasteiger partial charge in [-0.15, -0.1) is 0 Å². The van der Waals surface area contributed by atoms with Crippen LogP contribution in [-0.2, 0) is 7.05 Å². The maximum absolute atomic E-state index is 11.4. The van der Waals surface area contributed by atoms with Crippen molar-refractivity contribution in [2.75, 3.05) is 7.11 Å². The third kappa shape index (κ3) is 1.63. The highest BCUT2D eigenvalue weighted by Crippen LogP contribution is 2.18. The number of nitrogens with zero attached hydrogens (tertiary/aromatic N) is 1. The van der Waals surface area contributed by atoms with Crippen LogP contribution in [0.5, 0.6) is 5.75 Å². The fourth-order valence-corrected chi connectivity index (χ4v) is 1.42. The van der Waals surface area contributed by atoms with Crippen molar-refractivity contribution in [1.82, 2.24) is 5.27 Å². The van der Waals surface area contributed by atoms with E-state index < -0.39 is 5.63 Å². The molecule has 1 aromatic carbocycles. The molecule has 0 atom stereocenters. The van der Waals surface area contributed by atoms with Crippen LogP contribution in [0.3, 0.4) is 0 Å². The van der Waals surface area contributed by atoms with Crippen LogP contribution in [0.25, 0.3) is 11.3 Å². The maximum Gasteiger partial charge on any atom is 0.435 e. The van der Waals surface area contributed by atoms with E-state index in [0.29, 0.717) is 11.4 Å². The van der Waals surface area contributed by atoms with Crippen LogP contribution in [0.1, 0.15) is 0 Å². The molecule has 0 spiro atoms. The van der Waals surface area contributed by atoms with E-state index in [9.17, 15) is 4.79 Å². The lowest BCUT2D eigenvalue weighted by Crippen LogP contribution is -2.33. The molecular formula is C10H11N2O3+. The first kappa shape index (κ1) is 9.51. The quantitative estimate of drug-likeness (QED) is 0.728. The lowest BCUT2D eigenvalue weighted by atomic mass is 10.1. The number of nitrogens with one attached hydrogen (secondary N) is 1. The number of aromatic amines is 1. The van der Waals surface area contributed by atoms with Gasteiger partial charge in [-0.2, -0.15) is 0 Å². The molecular weight excluding hydrogens is 196 g/mol. The molecule has 0 saturated carbocycles. The summed E-state index contributed by atoms with van der Waals surface area (Å²) in [6.45, 7) is 0. The summed E-state index contributed by atoms with van der Waals surface area (Å²) in [5.74, 6) is 0.702. The van der Waals surface area contributed by atoms with E-state index in [1.54, 1.807) is 20.2 Å². The fourth-order valence-electron chi connectivity index (χ4n) is 1.42. The summed E-state index contributed by atoms with van der Waals surface area (Å²) >= 11 is 0. The van der Waals surface area contributed by atoms with Crippen molar-refractivity contribution in [1.29, 1.82) is 0 Å². The highest BCUT2D eigenvalue weighted by atomic mass is 16.5. The molecule has 0 unspecified atom stereocenters. The third-order valence-electron chi connectivity index (χ3n) is 2.15. The van der Waals surface area contributed by atoms with E-state index in [-0.39, 0.29) is 0 Å². The van der Waals surface area contributed by atoms with E-state index in [1.165, 1.54) is 4.68 Å². The van der Waals surface area contributed by atoms with Gasteiger partial charge in [0, 0.05) is 0 Å². The van der Waals surface area contributed by atoms with Crippen molar-refractivity contribution < 1.29 is 13.9 Å². The molecule has 1 N–H and O–H groups in total. The first-order valence-electron chi connectivity index (χ1n) is 4.44. The van der Waals surface area contributed by atoms with Crippen LogP contribution in [0, 0.1) is 0 Å². The molecule has 0 fully saturated rings. The monoisotopic (exact) mass is 207 g/mol. The number of aromatic nitrogens is 2. The lowest BCUT2D eigenvalue weighted by molar-refractivity contribution is -0.730. The molecule has 0 aliphatic heterocycles. The zero-order valence-corrected chi connectivity index (χ0v) is 8.48. The average Bonchev–Trinajstić information content (AvgIpc) is 2.59. The molecule has 5 heteroatoms. The largest absolute Gasteiger partial charge is 0.497 e. The Kier molecular flexibility index (Phi) is 2.29. The van der Waals surface area contributed by atoms with Gasteiger partial charge in [0.2, 0.25) is 0 Å². The highest BCUT2D eigenvalue weighted by molar-refractivity contribution is 5.57. The Hall–Kier alpha value is -2.04. The first-order chi connectivity index (χ1) is 7.22. The maximum atomic E-state index is 11.4. The zero-order chi connectivity index (χ0) is 10.8. The molecule has 0 saturated heterocycles.